The lowest BCUT2D eigenvalue weighted by Gasteiger charge is -2.34. The van der Waals surface area contributed by atoms with Gasteiger partial charge in [-0.15, -0.1) is 0 Å². The summed E-state index contributed by atoms with van der Waals surface area (Å²) >= 11 is 0. The van der Waals surface area contributed by atoms with E-state index in [-0.39, 0.29) is 18.4 Å². The smallest absolute Gasteiger partial charge is 0.305 e. The molecule has 1 amide bonds. The summed E-state index contributed by atoms with van der Waals surface area (Å²) in [5, 5.41) is 8.94. The van der Waals surface area contributed by atoms with Gasteiger partial charge in [0.15, 0.2) is 0 Å². The summed E-state index contributed by atoms with van der Waals surface area (Å²) < 4.78 is 5.08. The van der Waals surface area contributed by atoms with Gasteiger partial charge in [-0.25, -0.2) is 0 Å². The molecule has 20 heavy (non-hydrogen) atoms. The van der Waals surface area contributed by atoms with Crippen LogP contribution in [0.25, 0.3) is 0 Å². The number of hydrogen-bond acceptors (Lipinski definition) is 4. The molecule has 0 unspecified atom stereocenters. The predicted molar refractivity (Wildman–Crippen MR) is 71.7 cm³/mol. The molecule has 1 aromatic rings. The van der Waals surface area contributed by atoms with Gasteiger partial charge in [0.25, 0.3) is 5.91 Å². The number of carbonyl (C=O) groups is 2. The van der Waals surface area contributed by atoms with Crippen LogP contribution in [0.5, 0.6) is 5.75 Å². The lowest BCUT2D eigenvalue weighted by atomic mass is 9.99. The minimum absolute atomic E-state index is 0.0181. The Hall–Kier alpha value is -2.11. The number of nitrogens with zero attached hydrogens (tertiary/aromatic N) is 2. The van der Waals surface area contributed by atoms with Gasteiger partial charge in [-0.1, -0.05) is 0 Å². The molecule has 1 atom stereocenters. The first-order valence-electron chi connectivity index (χ1n) is 6.64. The van der Waals surface area contributed by atoms with Crippen molar-refractivity contribution in [2.24, 2.45) is 0 Å². The Balaban J connectivity index is 2.18. The Morgan fingerprint density at radius 1 is 1.50 bits per heavy atom. The Labute approximate surface area is 117 Å². The fourth-order valence-corrected chi connectivity index (χ4v) is 2.48. The highest BCUT2D eigenvalue weighted by Crippen LogP contribution is 2.22. The molecule has 0 spiro atoms. The van der Waals surface area contributed by atoms with Crippen LogP contribution < -0.4 is 4.74 Å². The van der Waals surface area contributed by atoms with Crippen LogP contribution in [0.2, 0.25) is 0 Å². The molecule has 0 aliphatic carbocycles. The molecule has 0 bridgehead atoms. The fraction of sp³-hybridized carbons (Fsp3) is 0.500. The van der Waals surface area contributed by atoms with Crippen LogP contribution in [-0.2, 0) is 4.79 Å². The molecule has 1 saturated heterocycles. The number of aromatic nitrogens is 1. The van der Waals surface area contributed by atoms with Gasteiger partial charge in [-0.05, 0) is 25.3 Å². The second kappa shape index (κ2) is 6.36. The van der Waals surface area contributed by atoms with Crippen molar-refractivity contribution in [1.29, 1.82) is 0 Å². The van der Waals surface area contributed by atoms with Gasteiger partial charge < -0.3 is 14.7 Å². The molecule has 1 fully saturated rings. The van der Waals surface area contributed by atoms with E-state index in [1.807, 2.05) is 0 Å². The van der Waals surface area contributed by atoms with Gasteiger partial charge in [0.05, 0.1) is 13.5 Å². The zero-order valence-electron chi connectivity index (χ0n) is 11.4. The minimum atomic E-state index is -0.881. The number of methoxy groups -OCH3 is 1. The van der Waals surface area contributed by atoms with Gasteiger partial charge in [0, 0.05) is 24.8 Å². The van der Waals surface area contributed by atoms with Crippen molar-refractivity contribution in [2.75, 3.05) is 13.7 Å². The van der Waals surface area contributed by atoms with Crippen molar-refractivity contribution >= 4 is 11.9 Å². The third-order valence-corrected chi connectivity index (χ3v) is 3.48. The summed E-state index contributed by atoms with van der Waals surface area (Å²) in [6.07, 6.45) is 4.07. The minimum Gasteiger partial charge on any atom is -0.497 e. The van der Waals surface area contributed by atoms with Crippen LogP contribution in [0.4, 0.5) is 0 Å². The summed E-state index contributed by atoms with van der Waals surface area (Å²) in [6, 6.07) is 3.00. The molecule has 0 saturated carbocycles. The van der Waals surface area contributed by atoms with Crippen molar-refractivity contribution in [1.82, 2.24) is 9.88 Å². The van der Waals surface area contributed by atoms with E-state index in [0.717, 1.165) is 19.3 Å². The molecule has 1 aliphatic rings. The topological polar surface area (TPSA) is 79.7 Å². The molecule has 108 valence electrons. The summed E-state index contributed by atoms with van der Waals surface area (Å²) in [5.74, 6) is -0.543. The van der Waals surface area contributed by atoms with Crippen molar-refractivity contribution in [3.8, 4) is 5.75 Å². The zero-order chi connectivity index (χ0) is 14.5. The van der Waals surface area contributed by atoms with Crippen LogP contribution in [0.3, 0.4) is 0 Å². The highest BCUT2D eigenvalue weighted by molar-refractivity contribution is 5.93. The molecule has 2 heterocycles. The number of rotatable bonds is 4. The van der Waals surface area contributed by atoms with Gasteiger partial charge >= 0.3 is 5.97 Å². The summed E-state index contributed by atoms with van der Waals surface area (Å²) in [4.78, 5) is 29.1. The van der Waals surface area contributed by atoms with Gasteiger partial charge in [-0.3, -0.25) is 14.6 Å². The van der Waals surface area contributed by atoms with E-state index in [2.05, 4.69) is 4.98 Å². The number of carboxylic acid groups (broad SMARTS) is 1. The normalized spacial score (nSPS) is 18.6. The lowest BCUT2D eigenvalue weighted by Crippen LogP contribution is -2.45. The first-order chi connectivity index (χ1) is 9.61. The van der Waals surface area contributed by atoms with Crippen molar-refractivity contribution in [2.45, 2.75) is 31.7 Å². The van der Waals surface area contributed by atoms with Crippen LogP contribution in [0, 0.1) is 0 Å². The molecular formula is C14H18N2O4. The van der Waals surface area contributed by atoms with Crippen molar-refractivity contribution < 1.29 is 19.4 Å². The molecule has 1 aliphatic heterocycles. The highest BCUT2D eigenvalue weighted by Gasteiger charge is 2.29. The number of aliphatic carboxylic acids is 1. The summed E-state index contributed by atoms with van der Waals surface area (Å²) in [6.45, 7) is 0.579. The number of piperidine rings is 1. The molecule has 0 aromatic carbocycles. The molecular weight excluding hydrogens is 260 g/mol. The average Bonchev–Trinajstić information content (AvgIpc) is 2.46. The number of carboxylic acids is 1. The Morgan fingerprint density at radius 2 is 2.30 bits per heavy atom. The lowest BCUT2D eigenvalue weighted by molar-refractivity contribution is -0.138. The third-order valence-electron chi connectivity index (χ3n) is 3.48. The first kappa shape index (κ1) is 14.3. The number of amides is 1. The maximum absolute atomic E-state index is 12.5. The molecule has 6 nitrogen and oxygen atoms in total. The largest absolute Gasteiger partial charge is 0.497 e. The van der Waals surface area contributed by atoms with E-state index in [9.17, 15) is 9.59 Å². The Kier molecular flexibility index (Phi) is 4.55. The van der Waals surface area contributed by atoms with E-state index in [1.54, 1.807) is 17.0 Å². The van der Waals surface area contributed by atoms with Crippen LogP contribution >= 0.6 is 0 Å². The SMILES string of the molecule is COc1ccnc(C(=O)N2CCCC[C@H]2CC(=O)O)c1. The molecule has 1 aromatic heterocycles. The maximum atomic E-state index is 12.5. The maximum Gasteiger partial charge on any atom is 0.305 e. The second-order valence-electron chi connectivity index (χ2n) is 4.83. The van der Waals surface area contributed by atoms with E-state index < -0.39 is 5.97 Å². The van der Waals surface area contributed by atoms with Gasteiger partial charge in [-0.2, -0.15) is 0 Å². The van der Waals surface area contributed by atoms with Crippen LogP contribution in [0.1, 0.15) is 36.2 Å². The Morgan fingerprint density at radius 3 is 3.00 bits per heavy atom. The fourth-order valence-electron chi connectivity index (χ4n) is 2.48. The second-order valence-corrected chi connectivity index (χ2v) is 4.83. The van der Waals surface area contributed by atoms with Crippen LogP contribution in [0.15, 0.2) is 18.3 Å². The zero-order valence-corrected chi connectivity index (χ0v) is 11.4. The third kappa shape index (κ3) is 3.26. The van der Waals surface area contributed by atoms with E-state index in [0.29, 0.717) is 18.0 Å². The standard InChI is InChI=1S/C14H18N2O4/c1-20-11-5-6-15-12(9-11)14(19)16-7-3-2-4-10(16)8-13(17)18/h5-6,9-10H,2-4,7-8H2,1H3,(H,17,18)/t10-/m0/s1. The number of pyridine rings is 1. The summed E-state index contributed by atoms with van der Waals surface area (Å²) in [7, 11) is 1.53. The number of hydrogen-bond donors (Lipinski definition) is 1. The number of likely N-dealkylation sites (tertiary alicyclic amines) is 1. The van der Waals surface area contributed by atoms with Crippen molar-refractivity contribution in [3.63, 3.8) is 0 Å². The molecule has 1 N–H and O–H groups in total. The number of ether oxygens (including phenoxy) is 1. The van der Waals surface area contributed by atoms with E-state index in [1.165, 1.54) is 13.3 Å². The van der Waals surface area contributed by atoms with E-state index in [4.69, 9.17) is 9.84 Å². The predicted octanol–water partition coefficient (Wildman–Crippen LogP) is 1.56. The van der Waals surface area contributed by atoms with E-state index >= 15 is 0 Å². The average molecular weight is 278 g/mol. The van der Waals surface area contributed by atoms with Crippen molar-refractivity contribution in [3.05, 3.63) is 24.0 Å². The quantitative estimate of drug-likeness (QED) is 0.904. The number of carbonyl (C=O) groups excluding carboxylic acids is 1. The molecule has 2 rings (SSSR count). The van der Waals surface area contributed by atoms with Gasteiger partial charge in [0.1, 0.15) is 11.4 Å². The first-order valence-corrected chi connectivity index (χ1v) is 6.64. The van der Waals surface area contributed by atoms with Gasteiger partial charge in [0.2, 0.25) is 0 Å². The molecule has 6 heteroatoms. The Bertz CT molecular complexity index is 504. The molecule has 0 radical (unpaired) electrons. The monoisotopic (exact) mass is 278 g/mol. The summed E-state index contributed by atoms with van der Waals surface area (Å²) in [5.41, 5.74) is 0.293. The highest BCUT2D eigenvalue weighted by atomic mass is 16.5. The van der Waals surface area contributed by atoms with Crippen LogP contribution in [-0.4, -0.2) is 46.6 Å².